The highest BCUT2D eigenvalue weighted by Gasteiger charge is 2.20. The van der Waals surface area contributed by atoms with Crippen LogP contribution in [-0.2, 0) is 13.5 Å². The lowest BCUT2D eigenvalue weighted by Gasteiger charge is -2.27. The highest BCUT2D eigenvalue weighted by Crippen LogP contribution is 2.31. The summed E-state index contributed by atoms with van der Waals surface area (Å²) in [4.78, 5) is 4.25. The SMILES string of the molecule is Cn1ccnc1CCC(O)CC1CCC1. The van der Waals surface area contributed by atoms with Gasteiger partial charge in [-0.3, -0.25) is 0 Å². The summed E-state index contributed by atoms with van der Waals surface area (Å²) in [5.41, 5.74) is 0. The van der Waals surface area contributed by atoms with E-state index in [1.165, 1.54) is 19.3 Å². The van der Waals surface area contributed by atoms with Gasteiger partial charge in [-0.25, -0.2) is 4.98 Å². The third kappa shape index (κ3) is 2.81. The third-order valence-corrected chi connectivity index (χ3v) is 3.45. The first-order chi connectivity index (χ1) is 7.25. The van der Waals surface area contributed by atoms with Gasteiger partial charge in [0.25, 0.3) is 0 Å². The van der Waals surface area contributed by atoms with Crippen molar-refractivity contribution in [2.24, 2.45) is 13.0 Å². The predicted molar refractivity (Wildman–Crippen MR) is 59.5 cm³/mol. The van der Waals surface area contributed by atoms with Gasteiger partial charge in [-0.05, 0) is 18.8 Å². The predicted octanol–water partition coefficient (Wildman–Crippen LogP) is 1.90. The Hall–Kier alpha value is -0.830. The first-order valence-corrected chi connectivity index (χ1v) is 5.90. The standard InChI is InChI=1S/C12H20N2O/c1-14-8-7-13-12(14)6-5-11(15)9-10-3-2-4-10/h7-8,10-11,15H,2-6,9H2,1H3. The number of aliphatic hydroxyl groups is 1. The minimum Gasteiger partial charge on any atom is -0.393 e. The molecule has 3 nitrogen and oxygen atoms in total. The number of imidazole rings is 1. The first-order valence-electron chi connectivity index (χ1n) is 5.90. The molecule has 0 bridgehead atoms. The van der Waals surface area contributed by atoms with E-state index in [0.29, 0.717) is 0 Å². The zero-order valence-corrected chi connectivity index (χ0v) is 9.39. The maximum Gasteiger partial charge on any atom is 0.108 e. The largest absolute Gasteiger partial charge is 0.393 e. The second kappa shape index (κ2) is 4.79. The molecule has 1 fully saturated rings. The molecule has 1 unspecified atom stereocenters. The fourth-order valence-electron chi connectivity index (χ4n) is 2.16. The summed E-state index contributed by atoms with van der Waals surface area (Å²) in [5, 5.41) is 9.84. The molecule has 1 aromatic heterocycles. The van der Waals surface area contributed by atoms with Crippen molar-refractivity contribution >= 4 is 0 Å². The van der Waals surface area contributed by atoms with Crippen molar-refractivity contribution in [1.82, 2.24) is 9.55 Å². The van der Waals surface area contributed by atoms with E-state index >= 15 is 0 Å². The van der Waals surface area contributed by atoms with Crippen LogP contribution < -0.4 is 0 Å². The van der Waals surface area contributed by atoms with E-state index in [-0.39, 0.29) is 6.10 Å². The molecule has 1 aliphatic rings. The molecule has 84 valence electrons. The Balaban J connectivity index is 1.70. The van der Waals surface area contributed by atoms with Gasteiger partial charge in [0.1, 0.15) is 5.82 Å². The molecule has 1 atom stereocenters. The third-order valence-electron chi connectivity index (χ3n) is 3.45. The Morgan fingerprint density at radius 1 is 1.60 bits per heavy atom. The van der Waals surface area contributed by atoms with Gasteiger partial charge in [0, 0.05) is 25.9 Å². The van der Waals surface area contributed by atoms with Crippen molar-refractivity contribution in [3.8, 4) is 0 Å². The van der Waals surface area contributed by atoms with Gasteiger partial charge in [0.15, 0.2) is 0 Å². The summed E-state index contributed by atoms with van der Waals surface area (Å²) in [6, 6.07) is 0. The van der Waals surface area contributed by atoms with Crippen LogP contribution in [0.2, 0.25) is 0 Å². The van der Waals surface area contributed by atoms with E-state index in [4.69, 9.17) is 0 Å². The summed E-state index contributed by atoms with van der Waals surface area (Å²) in [6.45, 7) is 0. The van der Waals surface area contributed by atoms with Gasteiger partial charge in [0.05, 0.1) is 6.10 Å². The topological polar surface area (TPSA) is 38.0 Å². The molecule has 0 aliphatic heterocycles. The van der Waals surface area contributed by atoms with Crippen LogP contribution in [0, 0.1) is 5.92 Å². The zero-order valence-electron chi connectivity index (χ0n) is 9.39. The molecule has 0 aromatic carbocycles. The monoisotopic (exact) mass is 208 g/mol. The Morgan fingerprint density at radius 3 is 2.93 bits per heavy atom. The number of rotatable bonds is 5. The number of hydrogen-bond donors (Lipinski definition) is 1. The number of aryl methyl sites for hydroxylation is 2. The fourth-order valence-corrected chi connectivity index (χ4v) is 2.16. The van der Waals surface area contributed by atoms with Gasteiger partial charge in [-0.15, -0.1) is 0 Å². The normalized spacial score (nSPS) is 18.8. The number of aliphatic hydroxyl groups excluding tert-OH is 1. The van der Waals surface area contributed by atoms with Crippen molar-refractivity contribution in [1.29, 1.82) is 0 Å². The van der Waals surface area contributed by atoms with E-state index in [1.54, 1.807) is 0 Å². The lowest BCUT2D eigenvalue weighted by Crippen LogP contribution is -2.20. The lowest BCUT2D eigenvalue weighted by molar-refractivity contribution is 0.109. The van der Waals surface area contributed by atoms with E-state index in [9.17, 15) is 5.11 Å². The molecule has 0 amide bonds. The van der Waals surface area contributed by atoms with Crippen molar-refractivity contribution in [3.63, 3.8) is 0 Å². The highest BCUT2D eigenvalue weighted by molar-refractivity contribution is 4.91. The molecule has 1 saturated carbocycles. The summed E-state index contributed by atoms with van der Waals surface area (Å²) in [5.74, 6) is 1.86. The number of nitrogens with zero attached hydrogens (tertiary/aromatic N) is 2. The zero-order chi connectivity index (χ0) is 10.7. The van der Waals surface area contributed by atoms with Crippen molar-refractivity contribution < 1.29 is 5.11 Å². The van der Waals surface area contributed by atoms with Gasteiger partial charge in [-0.2, -0.15) is 0 Å². The molecule has 1 aliphatic carbocycles. The molecule has 1 aromatic rings. The number of hydrogen-bond acceptors (Lipinski definition) is 2. The summed E-state index contributed by atoms with van der Waals surface area (Å²) in [6.07, 6.45) is 10.4. The van der Waals surface area contributed by atoms with Crippen molar-refractivity contribution in [3.05, 3.63) is 18.2 Å². The Morgan fingerprint density at radius 2 is 2.40 bits per heavy atom. The quantitative estimate of drug-likeness (QED) is 0.802. The van der Waals surface area contributed by atoms with E-state index in [2.05, 4.69) is 4.98 Å². The second-order valence-corrected chi connectivity index (χ2v) is 4.68. The average molecular weight is 208 g/mol. The van der Waals surface area contributed by atoms with Crippen LogP contribution in [0.3, 0.4) is 0 Å². The van der Waals surface area contributed by atoms with Gasteiger partial charge >= 0.3 is 0 Å². The summed E-state index contributed by atoms with van der Waals surface area (Å²) < 4.78 is 2.02. The fraction of sp³-hybridized carbons (Fsp3) is 0.750. The van der Waals surface area contributed by atoms with Crippen LogP contribution >= 0.6 is 0 Å². The summed E-state index contributed by atoms with van der Waals surface area (Å²) in [7, 11) is 2.00. The minimum atomic E-state index is -0.132. The Kier molecular flexibility index (Phi) is 3.41. The lowest BCUT2D eigenvalue weighted by atomic mass is 9.81. The van der Waals surface area contributed by atoms with Crippen LogP contribution in [0.15, 0.2) is 12.4 Å². The molecule has 0 saturated heterocycles. The average Bonchev–Trinajstić information content (AvgIpc) is 2.55. The van der Waals surface area contributed by atoms with E-state index < -0.39 is 0 Å². The highest BCUT2D eigenvalue weighted by atomic mass is 16.3. The maximum absolute atomic E-state index is 9.84. The molecule has 0 spiro atoms. The van der Waals surface area contributed by atoms with Crippen LogP contribution in [0.1, 0.15) is 37.9 Å². The molecule has 1 N–H and O–H groups in total. The smallest absolute Gasteiger partial charge is 0.108 e. The molecule has 3 heteroatoms. The molecule has 1 heterocycles. The molecule has 15 heavy (non-hydrogen) atoms. The van der Waals surface area contributed by atoms with Crippen molar-refractivity contribution in [2.75, 3.05) is 0 Å². The Labute approximate surface area is 91.1 Å². The van der Waals surface area contributed by atoms with Crippen LogP contribution in [0.25, 0.3) is 0 Å². The molecule has 0 radical (unpaired) electrons. The van der Waals surface area contributed by atoms with Gasteiger partial charge in [0.2, 0.25) is 0 Å². The second-order valence-electron chi connectivity index (χ2n) is 4.68. The van der Waals surface area contributed by atoms with Gasteiger partial charge < -0.3 is 9.67 Å². The maximum atomic E-state index is 9.84. The number of aromatic nitrogens is 2. The molecule has 2 rings (SSSR count). The van der Waals surface area contributed by atoms with Crippen LogP contribution in [0.4, 0.5) is 0 Å². The van der Waals surface area contributed by atoms with E-state index in [1.807, 2.05) is 24.0 Å². The van der Waals surface area contributed by atoms with E-state index in [0.717, 1.165) is 31.0 Å². The Bertz CT molecular complexity index is 304. The summed E-state index contributed by atoms with van der Waals surface area (Å²) >= 11 is 0. The molecular weight excluding hydrogens is 188 g/mol. The first kappa shape index (κ1) is 10.7. The van der Waals surface area contributed by atoms with Crippen molar-refractivity contribution in [2.45, 2.75) is 44.6 Å². The van der Waals surface area contributed by atoms with Crippen LogP contribution in [-0.4, -0.2) is 20.8 Å². The van der Waals surface area contributed by atoms with Gasteiger partial charge in [-0.1, -0.05) is 19.3 Å². The van der Waals surface area contributed by atoms with Crippen LogP contribution in [0.5, 0.6) is 0 Å². The minimum absolute atomic E-state index is 0.132. The molecular formula is C12H20N2O.